The van der Waals surface area contributed by atoms with E-state index in [1.807, 2.05) is 0 Å². The molecule has 4 heterocycles. The van der Waals surface area contributed by atoms with Crippen LogP contribution < -0.4 is 25.6 Å². The molecule has 0 atom stereocenters. The molecule has 3 fully saturated rings. The molecular formula is C23H25ClF2N10O. The Morgan fingerprint density at radius 2 is 1.97 bits per heavy atom. The van der Waals surface area contributed by atoms with E-state index in [9.17, 15) is 14.0 Å². The van der Waals surface area contributed by atoms with Gasteiger partial charge in [-0.05, 0) is 12.8 Å². The Morgan fingerprint density at radius 3 is 2.62 bits per heavy atom. The lowest BCUT2D eigenvalue weighted by Crippen LogP contribution is -2.61. The van der Waals surface area contributed by atoms with E-state index >= 15 is 0 Å². The lowest BCUT2D eigenvalue weighted by atomic mass is 10.1. The number of rotatable bonds is 8. The van der Waals surface area contributed by atoms with Gasteiger partial charge in [0, 0.05) is 63.5 Å². The molecule has 2 aromatic heterocycles. The zero-order valence-corrected chi connectivity index (χ0v) is 20.5. The quantitative estimate of drug-likeness (QED) is 0.401. The van der Waals surface area contributed by atoms with E-state index < -0.39 is 6.61 Å². The largest absolute Gasteiger partial charge is 0.435 e. The summed E-state index contributed by atoms with van der Waals surface area (Å²) in [7, 11) is 0. The van der Waals surface area contributed by atoms with Crippen LogP contribution in [0.5, 0.6) is 5.75 Å². The van der Waals surface area contributed by atoms with Crippen molar-refractivity contribution in [1.29, 1.82) is 5.26 Å². The first kappa shape index (κ1) is 23.9. The predicted octanol–water partition coefficient (Wildman–Crippen LogP) is 2.66. The van der Waals surface area contributed by atoms with Gasteiger partial charge in [-0.1, -0.05) is 11.6 Å². The van der Waals surface area contributed by atoms with Gasteiger partial charge in [0.25, 0.3) is 0 Å². The summed E-state index contributed by atoms with van der Waals surface area (Å²) in [6, 6.07) is 5.81. The normalized spacial score (nSPS) is 18.6. The van der Waals surface area contributed by atoms with Crippen molar-refractivity contribution in [3.8, 4) is 11.8 Å². The van der Waals surface area contributed by atoms with Crippen LogP contribution in [0.1, 0.15) is 18.5 Å². The van der Waals surface area contributed by atoms with E-state index in [4.69, 9.17) is 16.3 Å². The summed E-state index contributed by atoms with van der Waals surface area (Å²) in [5, 5.41) is 23.9. The third kappa shape index (κ3) is 4.92. The highest BCUT2D eigenvalue weighted by molar-refractivity contribution is 6.36. The van der Waals surface area contributed by atoms with Gasteiger partial charge in [-0.15, -0.1) is 5.10 Å². The first-order chi connectivity index (χ1) is 18.0. The van der Waals surface area contributed by atoms with Crippen molar-refractivity contribution >= 4 is 40.4 Å². The number of piperazine rings is 1. The van der Waals surface area contributed by atoms with E-state index in [0.717, 1.165) is 39.0 Å². The van der Waals surface area contributed by atoms with E-state index in [-0.39, 0.29) is 23.4 Å². The van der Waals surface area contributed by atoms with Crippen LogP contribution in [-0.2, 0) is 0 Å². The molecule has 11 nitrogen and oxygen atoms in total. The van der Waals surface area contributed by atoms with Gasteiger partial charge in [0.15, 0.2) is 17.2 Å². The molecule has 3 N–H and O–H groups in total. The number of hydrogen-bond donors (Lipinski definition) is 3. The van der Waals surface area contributed by atoms with Crippen molar-refractivity contribution in [2.24, 2.45) is 0 Å². The molecule has 1 aromatic carbocycles. The van der Waals surface area contributed by atoms with Gasteiger partial charge >= 0.3 is 6.61 Å². The first-order valence-electron chi connectivity index (χ1n) is 12.2. The lowest BCUT2D eigenvalue weighted by molar-refractivity contribution is -0.0497. The third-order valence-corrected chi connectivity index (χ3v) is 7.22. The Morgan fingerprint density at radius 1 is 1.19 bits per heavy atom. The highest BCUT2D eigenvalue weighted by atomic mass is 35.5. The molecule has 37 heavy (non-hydrogen) atoms. The second-order valence-corrected chi connectivity index (χ2v) is 9.71. The number of imidazole rings is 1. The van der Waals surface area contributed by atoms with Crippen molar-refractivity contribution in [3.63, 3.8) is 0 Å². The molecule has 1 aliphatic carbocycles. The van der Waals surface area contributed by atoms with E-state index in [2.05, 4.69) is 46.9 Å². The molecule has 0 amide bonds. The van der Waals surface area contributed by atoms with E-state index in [1.54, 1.807) is 0 Å². The van der Waals surface area contributed by atoms with Crippen molar-refractivity contribution in [3.05, 3.63) is 29.0 Å². The Hall–Kier alpha value is -3.47. The summed E-state index contributed by atoms with van der Waals surface area (Å²) in [4.78, 5) is 13.3. The Bertz CT molecular complexity index is 1350. The Balaban J connectivity index is 1.32. The summed E-state index contributed by atoms with van der Waals surface area (Å²) in [6.07, 6.45) is 3.45. The first-order valence-corrected chi connectivity index (χ1v) is 12.5. The fourth-order valence-electron chi connectivity index (χ4n) is 4.58. The number of ether oxygens (including phenoxy) is 1. The van der Waals surface area contributed by atoms with Crippen LogP contribution in [0.15, 0.2) is 18.3 Å². The minimum absolute atomic E-state index is 0.0275. The minimum Gasteiger partial charge on any atom is -0.435 e. The number of anilines is 4. The predicted molar refractivity (Wildman–Crippen MR) is 134 cm³/mol. The minimum atomic E-state index is -2.99. The number of nitrogens with one attached hydrogen (secondary N) is 3. The van der Waals surface area contributed by atoms with Gasteiger partial charge in [0.2, 0.25) is 5.95 Å². The molecule has 0 radical (unpaired) electrons. The number of fused-ring (bicyclic) bond motifs is 1. The second-order valence-electron chi connectivity index (χ2n) is 9.34. The van der Waals surface area contributed by atoms with Crippen LogP contribution in [0.3, 0.4) is 0 Å². The number of hydrogen-bond acceptors (Lipinski definition) is 10. The topological polar surface area (TPSA) is 119 Å². The van der Waals surface area contributed by atoms with Crippen LogP contribution in [0.25, 0.3) is 5.65 Å². The molecule has 0 spiro atoms. The SMILES string of the molecule is N#Cc1cnc2c(NC3CC3)nc(Nc3cc(OC(F)F)cc(N4CCN(C5CNC5)CC4)c3Cl)nn12. The number of benzene rings is 1. The fraction of sp³-hybridized carbons (Fsp3) is 0.478. The van der Waals surface area contributed by atoms with Crippen LogP contribution >= 0.6 is 11.6 Å². The maximum atomic E-state index is 13.2. The smallest absolute Gasteiger partial charge is 0.387 e. The number of alkyl halides is 2. The fourth-order valence-corrected chi connectivity index (χ4v) is 4.86. The van der Waals surface area contributed by atoms with Crippen molar-refractivity contribution in [2.45, 2.75) is 31.5 Å². The van der Waals surface area contributed by atoms with Crippen molar-refractivity contribution in [1.82, 2.24) is 29.8 Å². The average molecular weight is 531 g/mol. The van der Waals surface area contributed by atoms with Crippen LogP contribution in [-0.4, -0.2) is 82.4 Å². The zero-order valence-electron chi connectivity index (χ0n) is 19.8. The van der Waals surface area contributed by atoms with Gasteiger partial charge in [-0.25, -0.2) is 4.98 Å². The number of nitriles is 1. The summed E-state index contributed by atoms with van der Waals surface area (Å²) >= 11 is 6.81. The monoisotopic (exact) mass is 530 g/mol. The van der Waals surface area contributed by atoms with Crippen LogP contribution in [0.4, 0.5) is 31.9 Å². The number of halogens is 3. The third-order valence-electron chi connectivity index (χ3n) is 6.82. The molecule has 3 aliphatic rings. The van der Waals surface area contributed by atoms with E-state index in [1.165, 1.54) is 22.8 Å². The van der Waals surface area contributed by atoms with Crippen molar-refractivity contribution < 1.29 is 13.5 Å². The molecule has 14 heteroatoms. The van der Waals surface area contributed by atoms with Crippen LogP contribution in [0.2, 0.25) is 5.02 Å². The molecule has 1 saturated carbocycles. The summed E-state index contributed by atoms with van der Waals surface area (Å²) in [5.41, 5.74) is 1.57. The molecule has 0 unspecified atom stereocenters. The molecular weight excluding hydrogens is 506 g/mol. The van der Waals surface area contributed by atoms with Gasteiger partial charge in [0.05, 0.1) is 22.6 Å². The molecule has 194 valence electrons. The van der Waals surface area contributed by atoms with E-state index in [0.29, 0.717) is 47.0 Å². The second kappa shape index (κ2) is 9.77. The summed E-state index contributed by atoms with van der Waals surface area (Å²) in [5.74, 6) is 0.578. The van der Waals surface area contributed by atoms with Gasteiger partial charge in [-0.3, -0.25) is 4.90 Å². The lowest BCUT2D eigenvalue weighted by Gasteiger charge is -2.44. The molecule has 2 saturated heterocycles. The Kier molecular flexibility index (Phi) is 6.31. The number of nitrogens with zero attached hydrogens (tertiary/aromatic N) is 7. The maximum absolute atomic E-state index is 13.2. The summed E-state index contributed by atoms with van der Waals surface area (Å²) < 4.78 is 32.5. The Labute approximate surface area is 216 Å². The molecule has 2 aliphatic heterocycles. The van der Waals surface area contributed by atoms with Crippen molar-refractivity contribution in [2.75, 3.05) is 54.8 Å². The molecule has 0 bridgehead atoms. The average Bonchev–Trinajstić information content (AvgIpc) is 3.56. The maximum Gasteiger partial charge on any atom is 0.387 e. The standard InChI is InChI=1S/C23H25ClF2N10O/c24-19-17(31-23-32-20(30-13-1-2-13)21-29-12-14(9-27)36(21)33-23)7-16(37-22(25)26)8-18(19)35-5-3-34(4-6-35)15-10-28-11-15/h7-8,12-13,15,22,28H,1-6,10-11H2,(H2,30,31,32,33). The van der Waals surface area contributed by atoms with Crippen LogP contribution in [0, 0.1) is 11.3 Å². The zero-order chi connectivity index (χ0) is 25.5. The van der Waals surface area contributed by atoms with Gasteiger partial charge in [0.1, 0.15) is 11.8 Å². The summed E-state index contributed by atoms with van der Waals surface area (Å²) in [6.45, 7) is 2.07. The van der Waals surface area contributed by atoms with Gasteiger partial charge < -0.3 is 25.6 Å². The molecule has 3 aromatic rings. The number of aromatic nitrogens is 4. The highest BCUT2D eigenvalue weighted by Gasteiger charge is 2.29. The van der Waals surface area contributed by atoms with Gasteiger partial charge in [-0.2, -0.15) is 23.5 Å². The highest BCUT2D eigenvalue weighted by Crippen LogP contribution is 2.39. The molecule has 6 rings (SSSR count).